The molecule has 1 aliphatic rings. The van der Waals surface area contributed by atoms with E-state index in [0.29, 0.717) is 17.8 Å². The first-order valence-corrected chi connectivity index (χ1v) is 6.45. The van der Waals surface area contributed by atoms with Crippen LogP contribution in [0.15, 0.2) is 0 Å². The molecule has 1 atom stereocenters. The molecule has 1 fully saturated rings. The summed E-state index contributed by atoms with van der Waals surface area (Å²) >= 11 is 0. The number of carbonyl (C=O) groups is 1. The molecule has 0 aliphatic carbocycles. The number of hydrogen-bond acceptors (Lipinski definition) is 2. The first-order valence-electron chi connectivity index (χ1n) is 6.45. The molecule has 1 aliphatic heterocycles. The predicted octanol–water partition coefficient (Wildman–Crippen LogP) is 2.35. The molecule has 0 radical (unpaired) electrons. The van der Waals surface area contributed by atoms with Crippen LogP contribution >= 0.6 is 12.4 Å². The Labute approximate surface area is 112 Å². The Balaban J connectivity index is 0.00000256. The van der Waals surface area contributed by atoms with E-state index >= 15 is 0 Å². The van der Waals surface area contributed by atoms with E-state index in [-0.39, 0.29) is 18.3 Å². The Hall–Kier alpha value is -0.280. The average Bonchev–Trinajstić information content (AvgIpc) is 2.65. The van der Waals surface area contributed by atoms with E-state index in [9.17, 15) is 4.79 Å². The molecule has 0 spiro atoms. The average molecular weight is 263 g/mol. The summed E-state index contributed by atoms with van der Waals surface area (Å²) in [5, 5.41) is 6.33. The zero-order valence-electron chi connectivity index (χ0n) is 11.3. The van der Waals surface area contributed by atoms with E-state index in [4.69, 9.17) is 0 Å². The maximum atomic E-state index is 11.6. The Bertz CT molecular complexity index is 220. The summed E-state index contributed by atoms with van der Waals surface area (Å²) in [5.74, 6) is 0.935. The van der Waals surface area contributed by atoms with Gasteiger partial charge >= 0.3 is 0 Å². The van der Waals surface area contributed by atoms with Gasteiger partial charge in [0.05, 0.1) is 0 Å². The lowest BCUT2D eigenvalue weighted by atomic mass is 9.92. The van der Waals surface area contributed by atoms with Gasteiger partial charge in [-0.05, 0) is 43.7 Å². The minimum atomic E-state index is 0. The van der Waals surface area contributed by atoms with Gasteiger partial charge in [0.25, 0.3) is 0 Å². The van der Waals surface area contributed by atoms with E-state index in [0.717, 1.165) is 32.5 Å². The summed E-state index contributed by atoms with van der Waals surface area (Å²) in [6.07, 6.45) is 4.00. The van der Waals surface area contributed by atoms with E-state index in [2.05, 4.69) is 31.4 Å². The van der Waals surface area contributed by atoms with Gasteiger partial charge in [-0.15, -0.1) is 12.4 Å². The van der Waals surface area contributed by atoms with Crippen molar-refractivity contribution in [3.8, 4) is 0 Å². The van der Waals surface area contributed by atoms with Crippen molar-refractivity contribution < 1.29 is 4.79 Å². The van der Waals surface area contributed by atoms with E-state index in [1.54, 1.807) is 0 Å². The molecule has 1 saturated heterocycles. The summed E-state index contributed by atoms with van der Waals surface area (Å²) in [4.78, 5) is 11.6. The quantitative estimate of drug-likeness (QED) is 0.799. The Morgan fingerprint density at radius 2 is 2.12 bits per heavy atom. The molecule has 3 nitrogen and oxygen atoms in total. The SMILES string of the molecule is CC(C)(C)CCNC(=O)CCC1CCNC1.Cl. The van der Waals surface area contributed by atoms with Crippen molar-refractivity contribution in [2.45, 2.75) is 46.5 Å². The smallest absolute Gasteiger partial charge is 0.220 e. The number of halogens is 1. The van der Waals surface area contributed by atoms with Crippen molar-refractivity contribution >= 4 is 18.3 Å². The number of rotatable bonds is 5. The number of amides is 1. The van der Waals surface area contributed by atoms with Crippen LogP contribution in [0.1, 0.15) is 46.5 Å². The second kappa shape index (κ2) is 7.93. The molecule has 4 heteroatoms. The first-order chi connectivity index (χ1) is 7.47. The van der Waals surface area contributed by atoms with Crippen LogP contribution in [-0.4, -0.2) is 25.5 Å². The van der Waals surface area contributed by atoms with Crippen LogP contribution in [0.2, 0.25) is 0 Å². The van der Waals surface area contributed by atoms with Crippen LogP contribution in [0.4, 0.5) is 0 Å². The van der Waals surface area contributed by atoms with Crippen molar-refractivity contribution in [3.63, 3.8) is 0 Å². The fraction of sp³-hybridized carbons (Fsp3) is 0.923. The summed E-state index contributed by atoms with van der Waals surface area (Å²) in [6.45, 7) is 9.62. The number of nitrogens with one attached hydrogen (secondary N) is 2. The van der Waals surface area contributed by atoms with E-state index in [1.165, 1.54) is 6.42 Å². The molecular formula is C13H27ClN2O. The van der Waals surface area contributed by atoms with Crippen LogP contribution < -0.4 is 10.6 Å². The monoisotopic (exact) mass is 262 g/mol. The third kappa shape index (κ3) is 8.44. The van der Waals surface area contributed by atoms with Crippen LogP contribution in [0, 0.1) is 11.3 Å². The zero-order chi connectivity index (χ0) is 12.0. The minimum absolute atomic E-state index is 0. The van der Waals surface area contributed by atoms with Gasteiger partial charge in [-0.3, -0.25) is 4.79 Å². The van der Waals surface area contributed by atoms with Crippen molar-refractivity contribution in [3.05, 3.63) is 0 Å². The predicted molar refractivity (Wildman–Crippen MR) is 74.5 cm³/mol. The third-order valence-corrected chi connectivity index (χ3v) is 3.14. The minimum Gasteiger partial charge on any atom is -0.356 e. The number of carbonyl (C=O) groups excluding carboxylic acids is 1. The summed E-state index contributed by atoms with van der Waals surface area (Å²) in [7, 11) is 0. The lowest BCUT2D eigenvalue weighted by molar-refractivity contribution is -0.121. The Kier molecular flexibility index (Phi) is 7.80. The summed E-state index contributed by atoms with van der Waals surface area (Å²) in [6, 6.07) is 0. The lowest BCUT2D eigenvalue weighted by Crippen LogP contribution is -2.27. The van der Waals surface area contributed by atoms with Crippen LogP contribution in [0.25, 0.3) is 0 Å². The zero-order valence-corrected chi connectivity index (χ0v) is 12.2. The molecule has 2 N–H and O–H groups in total. The van der Waals surface area contributed by atoms with Crippen molar-refractivity contribution in [2.24, 2.45) is 11.3 Å². The van der Waals surface area contributed by atoms with Crippen LogP contribution in [0.3, 0.4) is 0 Å². The number of hydrogen-bond donors (Lipinski definition) is 2. The van der Waals surface area contributed by atoms with Gasteiger partial charge in [-0.2, -0.15) is 0 Å². The van der Waals surface area contributed by atoms with Crippen molar-refractivity contribution in [1.29, 1.82) is 0 Å². The fourth-order valence-electron chi connectivity index (χ4n) is 1.96. The molecular weight excluding hydrogens is 236 g/mol. The van der Waals surface area contributed by atoms with Crippen molar-refractivity contribution in [1.82, 2.24) is 10.6 Å². The molecule has 1 unspecified atom stereocenters. The molecule has 1 heterocycles. The third-order valence-electron chi connectivity index (χ3n) is 3.14. The second-order valence-corrected chi connectivity index (χ2v) is 6.06. The first kappa shape index (κ1) is 16.7. The standard InChI is InChI=1S/C13H26N2O.ClH/c1-13(2,3)7-9-15-12(16)5-4-11-6-8-14-10-11;/h11,14H,4-10H2,1-3H3,(H,15,16);1H. The molecule has 0 aromatic heterocycles. The molecule has 1 amide bonds. The van der Waals surface area contributed by atoms with Crippen LogP contribution in [0.5, 0.6) is 0 Å². The summed E-state index contributed by atoms with van der Waals surface area (Å²) < 4.78 is 0. The normalized spacial score (nSPS) is 19.8. The van der Waals surface area contributed by atoms with E-state index < -0.39 is 0 Å². The Morgan fingerprint density at radius 3 is 2.65 bits per heavy atom. The molecule has 17 heavy (non-hydrogen) atoms. The highest BCUT2D eigenvalue weighted by Gasteiger charge is 2.16. The van der Waals surface area contributed by atoms with Crippen molar-refractivity contribution in [2.75, 3.05) is 19.6 Å². The largest absolute Gasteiger partial charge is 0.356 e. The maximum Gasteiger partial charge on any atom is 0.220 e. The molecule has 0 bridgehead atoms. The summed E-state index contributed by atoms with van der Waals surface area (Å²) in [5.41, 5.74) is 0.308. The highest BCUT2D eigenvalue weighted by molar-refractivity contribution is 5.85. The highest BCUT2D eigenvalue weighted by atomic mass is 35.5. The molecule has 0 aromatic rings. The van der Waals surface area contributed by atoms with Gasteiger partial charge in [-0.1, -0.05) is 20.8 Å². The molecule has 0 aromatic carbocycles. The molecule has 102 valence electrons. The van der Waals surface area contributed by atoms with Gasteiger partial charge < -0.3 is 10.6 Å². The Morgan fingerprint density at radius 1 is 1.41 bits per heavy atom. The fourth-order valence-corrected chi connectivity index (χ4v) is 1.96. The van der Waals surface area contributed by atoms with Gasteiger partial charge in [-0.25, -0.2) is 0 Å². The van der Waals surface area contributed by atoms with Gasteiger partial charge in [0.1, 0.15) is 0 Å². The second-order valence-electron chi connectivity index (χ2n) is 6.06. The molecule has 1 rings (SSSR count). The molecule has 0 saturated carbocycles. The maximum absolute atomic E-state index is 11.6. The van der Waals surface area contributed by atoms with Gasteiger partial charge in [0.2, 0.25) is 5.91 Å². The lowest BCUT2D eigenvalue weighted by Gasteiger charge is -2.18. The van der Waals surface area contributed by atoms with Crippen LogP contribution in [-0.2, 0) is 4.79 Å². The van der Waals surface area contributed by atoms with Gasteiger partial charge in [0, 0.05) is 13.0 Å². The van der Waals surface area contributed by atoms with Gasteiger partial charge in [0.15, 0.2) is 0 Å². The van der Waals surface area contributed by atoms with E-state index in [1.807, 2.05) is 0 Å². The highest BCUT2D eigenvalue weighted by Crippen LogP contribution is 2.17. The topological polar surface area (TPSA) is 41.1 Å².